The second-order valence-corrected chi connectivity index (χ2v) is 5.32. The second kappa shape index (κ2) is 8.17. The van der Waals surface area contributed by atoms with Gasteiger partial charge in [0.25, 0.3) is 5.91 Å². The van der Waals surface area contributed by atoms with E-state index in [9.17, 15) is 9.59 Å². The number of rotatable bonds is 5. The van der Waals surface area contributed by atoms with Crippen LogP contribution in [0.5, 0.6) is 0 Å². The molecule has 1 aliphatic rings. The zero-order valence-electron chi connectivity index (χ0n) is 12.9. The molecular formula is C16H21N4O3. The third kappa shape index (κ3) is 4.70. The topological polar surface area (TPSA) is 108 Å². The fourth-order valence-electron chi connectivity index (χ4n) is 2.39. The van der Waals surface area contributed by atoms with Crippen molar-refractivity contribution >= 4 is 17.6 Å². The van der Waals surface area contributed by atoms with E-state index >= 15 is 0 Å². The number of hydrogen-bond acceptors (Lipinski definition) is 4. The molecule has 1 aromatic carbocycles. The molecule has 23 heavy (non-hydrogen) atoms. The highest BCUT2D eigenvalue weighted by atomic mass is 16.4. The number of carbonyl (C=O) groups excluding carboxylic acids is 2. The third-order valence-electron chi connectivity index (χ3n) is 3.73. The first-order valence-corrected chi connectivity index (χ1v) is 7.57. The average Bonchev–Trinajstić information content (AvgIpc) is 2.61. The number of amidine groups is 1. The van der Waals surface area contributed by atoms with Crippen molar-refractivity contribution in [2.75, 3.05) is 19.6 Å². The first kappa shape index (κ1) is 16.8. The molecule has 0 bridgehead atoms. The van der Waals surface area contributed by atoms with Gasteiger partial charge in [-0.2, -0.15) is 0 Å². The van der Waals surface area contributed by atoms with Gasteiger partial charge < -0.3 is 21.2 Å². The lowest BCUT2D eigenvalue weighted by molar-refractivity contribution is -0.131. The van der Waals surface area contributed by atoms with E-state index < -0.39 is 0 Å². The van der Waals surface area contributed by atoms with Gasteiger partial charge in [0.15, 0.2) is 5.84 Å². The fourth-order valence-corrected chi connectivity index (χ4v) is 2.39. The highest BCUT2D eigenvalue weighted by Crippen LogP contribution is 2.09. The van der Waals surface area contributed by atoms with Crippen molar-refractivity contribution in [3.05, 3.63) is 41.8 Å². The number of oxime groups is 1. The van der Waals surface area contributed by atoms with Crippen LogP contribution >= 0.6 is 0 Å². The van der Waals surface area contributed by atoms with E-state index in [1.807, 2.05) is 4.90 Å². The first-order valence-electron chi connectivity index (χ1n) is 7.57. The van der Waals surface area contributed by atoms with E-state index in [-0.39, 0.29) is 17.6 Å². The molecule has 7 heteroatoms. The summed E-state index contributed by atoms with van der Waals surface area (Å²) in [4.78, 5) is 25.8. The maximum Gasteiger partial charge on any atom is 0.251 e. The first-order chi connectivity index (χ1) is 11.1. The van der Waals surface area contributed by atoms with Crippen molar-refractivity contribution in [2.45, 2.75) is 19.3 Å². The molecule has 1 aromatic rings. The number of hydrogen-bond donors (Lipinski definition) is 3. The number of piperidine rings is 1. The van der Waals surface area contributed by atoms with Gasteiger partial charge in [0.1, 0.15) is 0 Å². The van der Waals surface area contributed by atoms with Crippen LogP contribution in [0.1, 0.15) is 35.2 Å². The van der Waals surface area contributed by atoms with Crippen molar-refractivity contribution in [3.63, 3.8) is 0 Å². The molecule has 0 spiro atoms. The Hall–Kier alpha value is -2.57. The molecule has 123 valence electrons. The van der Waals surface area contributed by atoms with Gasteiger partial charge in [-0.15, -0.1) is 0 Å². The van der Waals surface area contributed by atoms with Gasteiger partial charge in [-0.25, -0.2) is 0 Å². The summed E-state index contributed by atoms with van der Waals surface area (Å²) in [6, 6.07) is 6.37. The van der Waals surface area contributed by atoms with E-state index in [4.69, 9.17) is 10.9 Å². The Labute approximate surface area is 135 Å². The molecule has 0 aromatic heterocycles. The third-order valence-corrected chi connectivity index (χ3v) is 3.73. The molecule has 2 rings (SSSR count). The second-order valence-electron chi connectivity index (χ2n) is 5.32. The lowest BCUT2D eigenvalue weighted by Crippen LogP contribution is -2.38. The molecule has 0 aliphatic carbocycles. The van der Waals surface area contributed by atoms with Gasteiger partial charge in [0.2, 0.25) is 5.91 Å². The summed E-state index contributed by atoms with van der Waals surface area (Å²) in [6.07, 6.45) is 4.35. The van der Waals surface area contributed by atoms with Gasteiger partial charge in [-0.3, -0.25) is 9.59 Å². The number of carbonyl (C=O) groups is 2. The van der Waals surface area contributed by atoms with Gasteiger partial charge in [-0.1, -0.05) is 17.3 Å². The summed E-state index contributed by atoms with van der Waals surface area (Å²) in [5, 5.41) is 14.2. The Morgan fingerprint density at radius 1 is 1.17 bits per heavy atom. The van der Waals surface area contributed by atoms with E-state index in [1.54, 1.807) is 24.3 Å². The van der Waals surface area contributed by atoms with Gasteiger partial charge in [0, 0.05) is 37.2 Å². The van der Waals surface area contributed by atoms with E-state index in [0.29, 0.717) is 24.1 Å². The van der Waals surface area contributed by atoms with Crippen LogP contribution in [0.25, 0.3) is 0 Å². The molecule has 0 saturated carbocycles. The Balaban J connectivity index is 1.79. The summed E-state index contributed by atoms with van der Waals surface area (Å²) in [5.41, 5.74) is 6.45. The normalized spacial score (nSPS) is 15.3. The maximum atomic E-state index is 12.0. The van der Waals surface area contributed by atoms with Crippen molar-refractivity contribution in [1.29, 1.82) is 0 Å². The predicted octanol–water partition coefficient (Wildman–Crippen LogP) is 0.728. The molecule has 1 fully saturated rings. The van der Waals surface area contributed by atoms with E-state index in [0.717, 1.165) is 25.9 Å². The number of benzene rings is 1. The van der Waals surface area contributed by atoms with Crippen LogP contribution in [-0.2, 0) is 4.79 Å². The zero-order valence-corrected chi connectivity index (χ0v) is 12.9. The molecule has 1 aliphatic heterocycles. The van der Waals surface area contributed by atoms with E-state index in [2.05, 4.69) is 16.9 Å². The molecule has 0 atom stereocenters. The van der Waals surface area contributed by atoms with Gasteiger partial charge in [-0.05, 0) is 31.4 Å². The molecule has 7 nitrogen and oxygen atoms in total. The van der Waals surface area contributed by atoms with Crippen LogP contribution in [0.3, 0.4) is 0 Å². The van der Waals surface area contributed by atoms with Crippen molar-refractivity contribution in [3.8, 4) is 0 Å². The van der Waals surface area contributed by atoms with Crippen molar-refractivity contribution < 1.29 is 14.8 Å². The minimum absolute atomic E-state index is 0.0127. The number of nitrogens with one attached hydrogen (secondary N) is 1. The molecular weight excluding hydrogens is 296 g/mol. The molecule has 2 amide bonds. The minimum Gasteiger partial charge on any atom is -0.409 e. The number of nitrogens with zero attached hydrogens (tertiary/aromatic N) is 2. The summed E-state index contributed by atoms with van der Waals surface area (Å²) in [7, 11) is 0. The van der Waals surface area contributed by atoms with Crippen LogP contribution in [0.2, 0.25) is 0 Å². The maximum absolute atomic E-state index is 12.0. The largest absolute Gasteiger partial charge is 0.409 e. The fraction of sp³-hybridized carbons (Fsp3) is 0.375. The molecule has 1 saturated heterocycles. The lowest BCUT2D eigenvalue weighted by atomic mass is 10.1. The Morgan fingerprint density at radius 3 is 2.39 bits per heavy atom. The molecule has 0 unspecified atom stereocenters. The number of likely N-dealkylation sites (tertiary alicyclic amines) is 1. The van der Waals surface area contributed by atoms with Crippen LogP contribution in [-0.4, -0.2) is 47.4 Å². The summed E-state index contributed by atoms with van der Waals surface area (Å²) < 4.78 is 0. The summed E-state index contributed by atoms with van der Waals surface area (Å²) in [6.45, 7) is 1.84. The SMILES string of the molecule is NC(=NO)c1ccc(C(=O)NCCC(=O)N2CC[CH]CC2)cc1. The molecule has 1 heterocycles. The van der Waals surface area contributed by atoms with Gasteiger partial charge >= 0.3 is 0 Å². The zero-order chi connectivity index (χ0) is 16.7. The van der Waals surface area contributed by atoms with Crippen LogP contribution in [0.4, 0.5) is 0 Å². The quantitative estimate of drug-likeness (QED) is 0.322. The number of amides is 2. The standard InChI is InChI=1S/C16H21N4O3/c17-15(19-23)12-4-6-13(7-5-12)16(22)18-9-8-14(21)20-10-2-1-3-11-20/h1,4-7,23H,2-3,8-11H2,(H2,17,19)(H,18,22). The monoisotopic (exact) mass is 317 g/mol. The molecule has 1 radical (unpaired) electrons. The predicted molar refractivity (Wildman–Crippen MR) is 86.0 cm³/mol. The molecule has 4 N–H and O–H groups in total. The van der Waals surface area contributed by atoms with Gasteiger partial charge in [0.05, 0.1) is 0 Å². The Bertz CT molecular complexity index is 577. The van der Waals surface area contributed by atoms with Crippen LogP contribution < -0.4 is 11.1 Å². The van der Waals surface area contributed by atoms with Crippen LogP contribution in [0.15, 0.2) is 29.4 Å². The number of nitrogens with two attached hydrogens (primary N) is 1. The van der Waals surface area contributed by atoms with Crippen molar-refractivity contribution in [1.82, 2.24) is 10.2 Å². The van der Waals surface area contributed by atoms with E-state index in [1.165, 1.54) is 0 Å². The summed E-state index contributed by atoms with van der Waals surface area (Å²) in [5.74, 6) is -0.196. The Morgan fingerprint density at radius 2 is 1.78 bits per heavy atom. The average molecular weight is 317 g/mol. The minimum atomic E-state index is -0.254. The highest BCUT2D eigenvalue weighted by molar-refractivity contribution is 5.99. The highest BCUT2D eigenvalue weighted by Gasteiger charge is 2.16. The van der Waals surface area contributed by atoms with Crippen LogP contribution in [0, 0.1) is 6.42 Å². The van der Waals surface area contributed by atoms with Crippen molar-refractivity contribution in [2.24, 2.45) is 10.9 Å². The smallest absolute Gasteiger partial charge is 0.251 e. The Kier molecular flexibility index (Phi) is 5.96. The summed E-state index contributed by atoms with van der Waals surface area (Å²) >= 11 is 0. The lowest BCUT2D eigenvalue weighted by Gasteiger charge is -2.26.